The van der Waals surface area contributed by atoms with Crippen molar-refractivity contribution in [2.45, 2.75) is 26.9 Å². The van der Waals surface area contributed by atoms with Crippen LogP contribution in [0.15, 0.2) is 36.7 Å². The van der Waals surface area contributed by atoms with E-state index in [0.29, 0.717) is 12.2 Å². The number of nitrogens with one attached hydrogen (secondary N) is 1. The lowest BCUT2D eigenvalue weighted by Crippen LogP contribution is -2.01. The van der Waals surface area contributed by atoms with E-state index in [1.54, 1.807) is 12.1 Å². The summed E-state index contributed by atoms with van der Waals surface area (Å²) in [6.45, 7) is 5.58. The molecule has 17 heavy (non-hydrogen) atoms. The normalized spacial score (nSPS) is 10.5. The molecule has 0 atom stereocenters. The Morgan fingerprint density at radius 2 is 2.12 bits per heavy atom. The van der Waals surface area contributed by atoms with Crippen LogP contribution in [0, 0.1) is 12.7 Å². The quantitative estimate of drug-likeness (QED) is 0.852. The fourth-order valence-electron chi connectivity index (χ4n) is 1.75. The second kappa shape index (κ2) is 5.04. The third-order valence-corrected chi connectivity index (χ3v) is 2.78. The Morgan fingerprint density at radius 3 is 2.76 bits per heavy atom. The average Bonchev–Trinajstić information content (AvgIpc) is 2.76. The van der Waals surface area contributed by atoms with Gasteiger partial charge in [-0.2, -0.15) is 0 Å². The lowest BCUT2D eigenvalue weighted by atomic mass is 10.2. The predicted molar refractivity (Wildman–Crippen MR) is 68.6 cm³/mol. The third-order valence-electron chi connectivity index (χ3n) is 2.78. The van der Waals surface area contributed by atoms with Crippen LogP contribution in [0.1, 0.15) is 18.1 Å². The zero-order valence-electron chi connectivity index (χ0n) is 10.2. The van der Waals surface area contributed by atoms with Crippen LogP contribution in [0.4, 0.5) is 10.1 Å². The first kappa shape index (κ1) is 11.7. The van der Waals surface area contributed by atoms with Crippen LogP contribution in [0.3, 0.4) is 0 Å². The molecule has 0 saturated heterocycles. The molecule has 3 heteroatoms. The van der Waals surface area contributed by atoms with E-state index >= 15 is 0 Å². The molecule has 2 nitrogen and oxygen atoms in total. The van der Waals surface area contributed by atoms with Crippen molar-refractivity contribution < 1.29 is 4.39 Å². The molecule has 2 rings (SSSR count). The lowest BCUT2D eigenvalue weighted by molar-refractivity contribution is 0.629. The second-order valence-corrected chi connectivity index (χ2v) is 4.19. The van der Waals surface area contributed by atoms with Crippen molar-refractivity contribution in [2.75, 3.05) is 5.32 Å². The Balaban J connectivity index is 2.02. The van der Waals surface area contributed by atoms with Gasteiger partial charge in [0.2, 0.25) is 0 Å². The van der Waals surface area contributed by atoms with E-state index in [2.05, 4.69) is 23.0 Å². The summed E-state index contributed by atoms with van der Waals surface area (Å²) in [6, 6.07) is 7.27. The Labute approximate surface area is 101 Å². The van der Waals surface area contributed by atoms with Crippen LogP contribution in [0.25, 0.3) is 0 Å². The Kier molecular flexibility index (Phi) is 3.47. The van der Waals surface area contributed by atoms with E-state index in [4.69, 9.17) is 0 Å². The molecule has 0 bridgehead atoms. The van der Waals surface area contributed by atoms with Gasteiger partial charge in [0.15, 0.2) is 0 Å². The number of benzene rings is 1. The Morgan fingerprint density at radius 1 is 1.29 bits per heavy atom. The van der Waals surface area contributed by atoms with Crippen molar-refractivity contribution in [3.8, 4) is 0 Å². The molecule has 0 spiro atoms. The molecule has 0 aliphatic carbocycles. The highest BCUT2D eigenvalue weighted by atomic mass is 19.1. The van der Waals surface area contributed by atoms with Crippen molar-refractivity contribution in [1.29, 1.82) is 0 Å². The molecule has 0 radical (unpaired) electrons. The molecule has 1 aromatic heterocycles. The Hall–Kier alpha value is -1.77. The van der Waals surface area contributed by atoms with Crippen LogP contribution in [0.5, 0.6) is 0 Å². The Bertz CT molecular complexity index is 503. The highest BCUT2D eigenvalue weighted by Crippen LogP contribution is 2.16. The average molecular weight is 232 g/mol. The maximum Gasteiger partial charge on any atom is 0.146 e. The van der Waals surface area contributed by atoms with Crippen molar-refractivity contribution in [1.82, 2.24) is 4.57 Å². The SMILES string of the molecule is CCn1ccc(CNc2ccc(C)cc2F)c1. The standard InChI is InChI=1S/C14H17FN2/c1-3-17-7-6-12(10-17)9-16-14-5-4-11(2)8-13(14)15/h4-8,10,16H,3,9H2,1-2H3. The van der Waals surface area contributed by atoms with Gasteiger partial charge in [-0.05, 0) is 43.2 Å². The topological polar surface area (TPSA) is 17.0 Å². The summed E-state index contributed by atoms with van der Waals surface area (Å²) in [6.07, 6.45) is 4.10. The fraction of sp³-hybridized carbons (Fsp3) is 0.286. The lowest BCUT2D eigenvalue weighted by Gasteiger charge is -2.07. The first-order chi connectivity index (χ1) is 8.19. The van der Waals surface area contributed by atoms with E-state index < -0.39 is 0 Å². The minimum atomic E-state index is -0.195. The van der Waals surface area contributed by atoms with Gasteiger partial charge < -0.3 is 9.88 Å². The molecule has 0 unspecified atom stereocenters. The molecule has 1 N–H and O–H groups in total. The molecule has 0 aliphatic heterocycles. The molecule has 1 heterocycles. The first-order valence-corrected chi connectivity index (χ1v) is 5.83. The molecular formula is C14H17FN2. The minimum Gasteiger partial charge on any atom is -0.379 e. The third kappa shape index (κ3) is 2.87. The van der Waals surface area contributed by atoms with Gasteiger partial charge in [0, 0.05) is 25.5 Å². The molecular weight excluding hydrogens is 215 g/mol. The van der Waals surface area contributed by atoms with Gasteiger partial charge in [-0.1, -0.05) is 6.07 Å². The number of rotatable bonds is 4. The molecule has 0 fully saturated rings. The predicted octanol–water partition coefficient (Wildman–Crippen LogP) is 3.57. The summed E-state index contributed by atoms with van der Waals surface area (Å²) in [5, 5.41) is 3.11. The van der Waals surface area contributed by atoms with Gasteiger partial charge in [-0.3, -0.25) is 0 Å². The van der Waals surface area contributed by atoms with Crippen molar-refractivity contribution in [3.63, 3.8) is 0 Å². The summed E-state index contributed by atoms with van der Waals surface area (Å²) in [5.41, 5.74) is 2.65. The number of nitrogens with zero attached hydrogens (tertiary/aromatic N) is 1. The van der Waals surface area contributed by atoms with Gasteiger partial charge in [0.1, 0.15) is 5.82 Å². The van der Waals surface area contributed by atoms with Crippen LogP contribution >= 0.6 is 0 Å². The van der Waals surface area contributed by atoms with Gasteiger partial charge in [0.05, 0.1) is 5.69 Å². The molecule has 1 aromatic carbocycles. The van der Waals surface area contributed by atoms with Crippen LogP contribution in [-0.4, -0.2) is 4.57 Å². The molecule has 90 valence electrons. The maximum atomic E-state index is 13.6. The van der Waals surface area contributed by atoms with E-state index in [1.165, 1.54) is 0 Å². The summed E-state index contributed by atoms with van der Waals surface area (Å²) in [4.78, 5) is 0. The van der Waals surface area contributed by atoms with Crippen LogP contribution in [0.2, 0.25) is 0 Å². The van der Waals surface area contributed by atoms with Gasteiger partial charge in [-0.25, -0.2) is 4.39 Å². The smallest absolute Gasteiger partial charge is 0.146 e. The maximum absolute atomic E-state index is 13.6. The van der Waals surface area contributed by atoms with Crippen LogP contribution < -0.4 is 5.32 Å². The van der Waals surface area contributed by atoms with Crippen molar-refractivity contribution in [3.05, 3.63) is 53.6 Å². The number of aromatic nitrogens is 1. The molecule has 0 amide bonds. The summed E-state index contributed by atoms with van der Waals surface area (Å²) < 4.78 is 15.7. The molecule has 2 aromatic rings. The summed E-state index contributed by atoms with van der Waals surface area (Å²) >= 11 is 0. The van der Waals surface area contributed by atoms with E-state index in [0.717, 1.165) is 17.7 Å². The number of hydrogen-bond donors (Lipinski definition) is 1. The fourth-order valence-corrected chi connectivity index (χ4v) is 1.75. The number of anilines is 1. The number of halogens is 1. The van der Waals surface area contributed by atoms with E-state index in [-0.39, 0.29) is 5.82 Å². The highest BCUT2D eigenvalue weighted by Gasteiger charge is 2.02. The van der Waals surface area contributed by atoms with E-state index in [1.807, 2.05) is 25.3 Å². The molecule has 0 aliphatic rings. The largest absolute Gasteiger partial charge is 0.379 e. The number of hydrogen-bond acceptors (Lipinski definition) is 1. The highest BCUT2D eigenvalue weighted by molar-refractivity contribution is 5.46. The van der Waals surface area contributed by atoms with Crippen LogP contribution in [-0.2, 0) is 13.1 Å². The zero-order valence-corrected chi connectivity index (χ0v) is 10.2. The van der Waals surface area contributed by atoms with Gasteiger partial charge >= 0.3 is 0 Å². The second-order valence-electron chi connectivity index (χ2n) is 4.19. The minimum absolute atomic E-state index is 0.195. The van der Waals surface area contributed by atoms with Crippen molar-refractivity contribution >= 4 is 5.69 Å². The number of aryl methyl sites for hydroxylation is 2. The monoisotopic (exact) mass is 232 g/mol. The van der Waals surface area contributed by atoms with Crippen molar-refractivity contribution in [2.24, 2.45) is 0 Å². The summed E-state index contributed by atoms with van der Waals surface area (Å²) in [7, 11) is 0. The van der Waals surface area contributed by atoms with E-state index in [9.17, 15) is 4.39 Å². The summed E-state index contributed by atoms with van der Waals surface area (Å²) in [5.74, 6) is -0.195. The zero-order chi connectivity index (χ0) is 12.3. The van der Waals surface area contributed by atoms with Gasteiger partial charge in [0.25, 0.3) is 0 Å². The molecule has 0 saturated carbocycles. The van der Waals surface area contributed by atoms with Gasteiger partial charge in [-0.15, -0.1) is 0 Å². The first-order valence-electron chi connectivity index (χ1n) is 5.83.